The third kappa shape index (κ3) is 5.17. The van der Waals surface area contributed by atoms with Crippen LogP contribution in [0.1, 0.15) is 77.4 Å². The fourth-order valence-corrected chi connectivity index (χ4v) is 8.12. The van der Waals surface area contributed by atoms with Gasteiger partial charge in [-0.2, -0.15) is 12.7 Å². The molecular formula is C36H39N3O6S. The van der Waals surface area contributed by atoms with Crippen LogP contribution in [0.5, 0.6) is 5.75 Å². The molecule has 0 saturated heterocycles. The van der Waals surface area contributed by atoms with E-state index in [2.05, 4.69) is 21.4 Å². The number of benzene rings is 3. The Kier molecular flexibility index (Phi) is 7.68. The molecule has 2 unspecified atom stereocenters. The van der Waals surface area contributed by atoms with E-state index in [0.29, 0.717) is 25.5 Å². The molecule has 2 fully saturated rings. The lowest BCUT2D eigenvalue weighted by Gasteiger charge is -2.24. The topological polar surface area (TPSA) is 107 Å². The molecule has 1 N–H and O–H groups in total. The van der Waals surface area contributed by atoms with Crippen molar-refractivity contribution < 1.29 is 27.5 Å². The third-order valence-electron chi connectivity index (χ3n) is 10.1. The molecule has 240 valence electrons. The van der Waals surface area contributed by atoms with Crippen molar-refractivity contribution in [2.45, 2.75) is 63.5 Å². The van der Waals surface area contributed by atoms with Gasteiger partial charge in [0.05, 0.1) is 18.2 Å². The van der Waals surface area contributed by atoms with Crippen LogP contribution < -0.4 is 9.46 Å². The minimum atomic E-state index is -3.97. The Morgan fingerprint density at radius 2 is 1.76 bits per heavy atom. The molecule has 2 aliphatic carbocycles. The van der Waals surface area contributed by atoms with Gasteiger partial charge in [-0.05, 0) is 72.2 Å². The van der Waals surface area contributed by atoms with Gasteiger partial charge in [-0.25, -0.2) is 4.72 Å². The highest BCUT2D eigenvalue weighted by Gasteiger charge is 2.64. The number of hydrogen-bond donors (Lipinski definition) is 1. The second-order valence-corrected chi connectivity index (χ2v) is 14.9. The zero-order chi connectivity index (χ0) is 32.2. The number of aromatic nitrogens is 1. The molecule has 1 amide bonds. The number of fused-ring (bicyclic) bond motifs is 7. The number of methoxy groups -OCH3 is 1. The normalized spacial score (nSPS) is 20.7. The number of esters is 1. The van der Waals surface area contributed by atoms with Crippen molar-refractivity contribution in [2.75, 3.05) is 21.2 Å². The standard InChI is InChI=1S/C36H39N3O6S/c1-38(2)46(42,43)37-34(40)25-14-16-28-31(18-25)39-22-36(35(41)44-3)20-30(36)29-19-26(45-21-23-10-6-4-7-11-23)15-17-27(29)33(39)32(28)24-12-8-5-9-13-24/h4,6-7,10-11,14-19,24,30H,5,8-9,12-13,20-22H2,1-3H3,(H,37,40). The van der Waals surface area contributed by atoms with E-state index in [1.54, 1.807) is 12.1 Å². The van der Waals surface area contributed by atoms with Crippen LogP contribution in [-0.2, 0) is 32.9 Å². The number of carbonyl (C=O) groups excluding carboxylic acids is 2. The van der Waals surface area contributed by atoms with Gasteiger partial charge in [-0.15, -0.1) is 0 Å². The largest absolute Gasteiger partial charge is 0.489 e. The number of rotatable bonds is 8. The molecule has 0 bridgehead atoms. The van der Waals surface area contributed by atoms with Gasteiger partial charge in [0.1, 0.15) is 12.4 Å². The SMILES string of the molecule is COC(=O)C12CC1c1cc(OCc3ccccc3)ccc1-c1c(C3CCCCC3)c3ccc(C(=O)NS(=O)(=O)N(C)C)cc3n1C2. The van der Waals surface area contributed by atoms with Crippen LogP contribution in [-0.4, -0.2) is 50.4 Å². The molecule has 3 aromatic carbocycles. The number of ether oxygens (including phenoxy) is 2. The number of nitrogens with one attached hydrogen (secondary N) is 1. The van der Waals surface area contributed by atoms with E-state index >= 15 is 0 Å². The number of carbonyl (C=O) groups is 2. The Morgan fingerprint density at radius 3 is 2.48 bits per heavy atom. The summed E-state index contributed by atoms with van der Waals surface area (Å²) in [5.41, 5.74) is 5.82. The molecule has 10 heteroatoms. The first kappa shape index (κ1) is 30.5. The Balaban J connectivity index is 1.40. The van der Waals surface area contributed by atoms with E-state index in [4.69, 9.17) is 9.47 Å². The summed E-state index contributed by atoms with van der Waals surface area (Å²) in [5.74, 6) is 0.0800. The summed E-state index contributed by atoms with van der Waals surface area (Å²) in [7, 11) is 0.207. The van der Waals surface area contributed by atoms with Gasteiger partial charge in [0.15, 0.2) is 0 Å². The Hall–Kier alpha value is -4.15. The van der Waals surface area contributed by atoms with Crippen molar-refractivity contribution in [1.29, 1.82) is 0 Å². The summed E-state index contributed by atoms with van der Waals surface area (Å²) in [6.45, 7) is 0.841. The predicted molar refractivity (Wildman–Crippen MR) is 176 cm³/mol. The monoisotopic (exact) mass is 641 g/mol. The van der Waals surface area contributed by atoms with Crippen molar-refractivity contribution in [2.24, 2.45) is 5.41 Å². The van der Waals surface area contributed by atoms with E-state index in [1.165, 1.54) is 33.2 Å². The van der Waals surface area contributed by atoms with Crippen LogP contribution in [0.15, 0.2) is 66.7 Å². The van der Waals surface area contributed by atoms with Crippen LogP contribution in [0.2, 0.25) is 0 Å². The third-order valence-corrected chi connectivity index (χ3v) is 11.5. The van der Waals surface area contributed by atoms with Crippen LogP contribution in [0.25, 0.3) is 22.2 Å². The Bertz CT molecular complexity index is 1950. The average molecular weight is 642 g/mol. The quantitative estimate of drug-likeness (QED) is 0.232. The average Bonchev–Trinajstić information content (AvgIpc) is 3.74. The molecule has 1 aliphatic heterocycles. The number of nitrogens with zero attached hydrogens (tertiary/aromatic N) is 2. The van der Waals surface area contributed by atoms with Crippen LogP contribution >= 0.6 is 0 Å². The van der Waals surface area contributed by atoms with E-state index in [9.17, 15) is 18.0 Å². The van der Waals surface area contributed by atoms with Gasteiger partial charge >= 0.3 is 16.2 Å². The lowest BCUT2D eigenvalue weighted by atomic mass is 9.81. The highest BCUT2D eigenvalue weighted by atomic mass is 32.2. The van der Waals surface area contributed by atoms with Gasteiger partial charge in [0.25, 0.3) is 5.91 Å². The summed E-state index contributed by atoms with van der Waals surface area (Å²) in [6, 6.07) is 21.7. The molecule has 46 heavy (non-hydrogen) atoms. The smallest absolute Gasteiger partial charge is 0.314 e. The van der Waals surface area contributed by atoms with E-state index in [0.717, 1.165) is 69.0 Å². The molecular weight excluding hydrogens is 602 g/mol. The zero-order valence-electron chi connectivity index (χ0n) is 26.4. The molecule has 4 aromatic rings. The minimum Gasteiger partial charge on any atom is -0.489 e. The summed E-state index contributed by atoms with van der Waals surface area (Å²) in [4.78, 5) is 26.8. The number of hydrogen-bond acceptors (Lipinski definition) is 6. The van der Waals surface area contributed by atoms with Crippen molar-refractivity contribution in [3.8, 4) is 17.0 Å². The highest BCUT2D eigenvalue weighted by Crippen LogP contribution is 2.66. The first-order valence-corrected chi connectivity index (χ1v) is 17.4. The zero-order valence-corrected chi connectivity index (χ0v) is 27.2. The molecule has 9 nitrogen and oxygen atoms in total. The molecule has 0 radical (unpaired) electrons. The maximum atomic E-state index is 13.5. The summed E-state index contributed by atoms with van der Waals surface area (Å²) < 4.78 is 42.0. The van der Waals surface area contributed by atoms with Crippen LogP contribution in [0, 0.1) is 5.41 Å². The van der Waals surface area contributed by atoms with Crippen LogP contribution in [0.4, 0.5) is 0 Å². The Morgan fingerprint density at radius 1 is 1.00 bits per heavy atom. The fraction of sp³-hybridized carbons (Fsp3) is 0.389. The first-order valence-electron chi connectivity index (χ1n) is 15.9. The van der Waals surface area contributed by atoms with Crippen molar-refractivity contribution >= 4 is 33.0 Å². The number of amides is 1. The second-order valence-electron chi connectivity index (χ2n) is 13.1. The molecule has 0 spiro atoms. The maximum absolute atomic E-state index is 13.5. The lowest BCUT2D eigenvalue weighted by Crippen LogP contribution is -2.39. The molecule has 2 saturated carbocycles. The molecule has 3 aliphatic rings. The van der Waals surface area contributed by atoms with Crippen molar-refractivity contribution in [1.82, 2.24) is 13.6 Å². The second kappa shape index (κ2) is 11.6. The van der Waals surface area contributed by atoms with Crippen molar-refractivity contribution in [3.63, 3.8) is 0 Å². The minimum absolute atomic E-state index is 0.0407. The fourth-order valence-electron chi connectivity index (χ4n) is 7.58. The van der Waals surface area contributed by atoms with Crippen LogP contribution in [0.3, 0.4) is 0 Å². The van der Waals surface area contributed by atoms with E-state index < -0.39 is 21.5 Å². The lowest BCUT2D eigenvalue weighted by molar-refractivity contribution is -0.147. The Labute approximate surface area is 269 Å². The van der Waals surface area contributed by atoms with Gasteiger partial charge < -0.3 is 14.0 Å². The van der Waals surface area contributed by atoms with Gasteiger partial charge in [0.2, 0.25) is 0 Å². The molecule has 7 rings (SSSR count). The summed E-state index contributed by atoms with van der Waals surface area (Å²) in [6.07, 6.45) is 6.28. The molecule has 2 heterocycles. The predicted octanol–water partition coefficient (Wildman–Crippen LogP) is 6.13. The van der Waals surface area contributed by atoms with E-state index in [-0.39, 0.29) is 17.5 Å². The first-order chi connectivity index (χ1) is 22.1. The van der Waals surface area contributed by atoms with Crippen molar-refractivity contribution in [3.05, 3.63) is 89.0 Å². The maximum Gasteiger partial charge on any atom is 0.314 e. The summed E-state index contributed by atoms with van der Waals surface area (Å²) >= 11 is 0. The molecule has 2 atom stereocenters. The van der Waals surface area contributed by atoms with Gasteiger partial charge in [0, 0.05) is 48.6 Å². The highest BCUT2D eigenvalue weighted by molar-refractivity contribution is 7.87. The van der Waals surface area contributed by atoms with Gasteiger partial charge in [-0.3, -0.25) is 9.59 Å². The molecule has 1 aromatic heterocycles. The van der Waals surface area contributed by atoms with E-state index in [1.807, 2.05) is 42.5 Å². The summed E-state index contributed by atoms with van der Waals surface area (Å²) in [5, 5.41) is 1.03. The van der Waals surface area contributed by atoms with Gasteiger partial charge in [-0.1, -0.05) is 55.7 Å².